The van der Waals surface area contributed by atoms with Gasteiger partial charge < -0.3 is 0 Å². The van der Waals surface area contributed by atoms with Crippen molar-refractivity contribution in [3.8, 4) is 0 Å². The Bertz CT molecular complexity index is 450. The third-order valence-corrected chi connectivity index (χ3v) is 4.98. The van der Waals surface area contributed by atoms with Gasteiger partial charge in [-0.05, 0) is 40.4 Å². The fourth-order valence-corrected chi connectivity index (χ4v) is 3.94. The molecule has 0 saturated carbocycles. The smallest absolute Gasteiger partial charge is 0.0821 e. The zero-order chi connectivity index (χ0) is 10.8. The molecule has 0 saturated heterocycles. The van der Waals surface area contributed by atoms with E-state index in [-0.39, 0.29) is 6.04 Å². The molecule has 0 aliphatic heterocycles. The topological polar surface area (TPSA) is 38.0 Å². The van der Waals surface area contributed by atoms with Crippen LogP contribution in [0.4, 0.5) is 0 Å². The van der Waals surface area contributed by atoms with E-state index in [0.29, 0.717) is 0 Å². The van der Waals surface area contributed by atoms with E-state index in [4.69, 9.17) is 5.84 Å². The molecule has 0 aromatic carbocycles. The van der Waals surface area contributed by atoms with Gasteiger partial charge in [-0.2, -0.15) is 11.3 Å². The Labute approximate surface area is 105 Å². The second-order valence-electron chi connectivity index (χ2n) is 3.22. The van der Waals surface area contributed by atoms with Crippen LogP contribution in [0.15, 0.2) is 27.4 Å². The fourth-order valence-electron chi connectivity index (χ4n) is 1.43. The maximum absolute atomic E-state index is 5.61. The summed E-state index contributed by atoms with van der Waals surface area (Å²) in [5.41, 5.74) is 4.06. The molecule has 2 aromatic rings. The summed E-state index contributed by atoms with van der Waals surface area (Å²) in [6, 6.07) is 4.32. The number of nitrogens with one attached hydrogen (secondary N) is 1. The van der Waals surface area contributed by atoms with Gasteiger partial charge in [0.1, 0.15) is 0 Å². The quantitative estimate of drug-likeness (QED) is 0.673. The molecular weight excluding hydrogens is 292 g/mol. The molecule has 2 nitrogen and oxygen atoms in total. The summed E-state index contributed by atoms with van der Waals surface area (Å²) in [4.78, 5) is 2.55. The summed E-state index contributed by atoms with van der Waals surface area (Å²) in [7, 11) is 0. The molecule has 0 aliphatic rings. The molecule has 80 valence electrons. The summed E-state index contributed by atoms with van der Waals surface area (Å²) >= 11 is 6.97. The molecule has 5 heteroatoms. The van der Waals surface area contributed by atoms with Crippen molar-refractivity contribution in [1.82, 2.24) is 5.43 Å². The number of thiophene rings is 2. The van der Waals surface area contributed by atoms with Crippen molar-refractivity contribution in [3.05, 3.63) is 42.7 Å². The number of aryl methyl sites for hydroxylation is 1. The van der Waals surface area contributed by atoms with Crippen LogP contribution in [-0.4, -0.2) is 0 Å². The maximum Gasteiger partial charge on any atom is 0.0821 e. The summed E-state index contributed by atoms with van der Waals surface area (Å²) in [6.45, 7) is 2.10. The van der Waals surface area contributed by atoms with Crippen molar-refractivity contribution >= 4 is 38.6 Å². The van der Waals surface area contributed by atoms with Gasteiger partial charge >= 0.3 is 0 Å². The largest absolute Gasteiger partial charge is 0.271 e. The van der Waals surface area contributed by atoms with Crippen LogP contribution >= 0.6 is 38.6 Å². The Hall–Kier alpha value is -0.200. The van der Waals surface area contributed by atoms with E-state index < -0.39 is 0 Å². The molecular formula is C10H11BrN2S2. The Morgan fingerprint density at radius 2 is 2.20 bits per heavy atom. The fraction of sp³-hybridized carbons (Fsp3) is 0.200. The maximum atomic E-state index is 5.61. The average Bonchev–Trinajstić information content (AvgIpc) is 2.79. The van der Waals surface area contributed by atoms with Gasteiger partial charge in [-0.25, -0.2) is 5.43 Å². The monoisotopic (exact) mass is 302 g/mol. The van der Waals surface area contributed by atoms with Gasteiger partial charge in [0.25, 0.3) is 0 Å². The highest BCUT2D eigenvalue weighted by molar-refractivity contribution is 9.10. The molecule has 0 amide bonds. The normalized spacial score (nSPS) is 13.0. The predicted octanol–water partition coefficient (Wildman–Crippen LogP) is 3.43. The molecule has 0 spiro atoms. The van der Waals surface area contributed by atoms with Crippen molar-refractivity contribution in [1.29, 1.82) is 0 Å². The zero-order valence-electron chi connectivity index (χ0n) is 8.16. The summed E-state index contributed by atoms with van der Waals surface area (Å²) in [5, 5.41) is 4.18. The van der Waals surface area contributed by atoms with Crippen LogP contribution in [0.3, 0.4) is 0 Å². The van der Waals surface area contributed by atoms with Crippen LogP contribution < -0.4 is 11.3 Å². The minimum absolute atomic E-state index is 0.0873. The first kappa shape index (κ1) is 11.3. The van der Waals surface area contributed by atoms with Crippen LogP contribution in [0.5, 0.6) is 0 Å². The van der Waals surface area contributed by atoms with Crippen LogP contribution in [0.1, 0.15) is 21.4 Å². The number of halogens is 1. The molecule has 1 atom stereocenters. The molecule has 1 unspecified atom stereocenters. The SMILES string of the molecule is Cc1ccc(C(NN)c2cscc2Br)s1. The zero-order valence-corrected chi connectivity index (χ0v) is 11.4. The first-order valence-electron chi connectivity index (χ1n) is 4.46. The summed E-state index contributed by atoms with van der Waals surface area (Å²) in [6.07, 6.45) is 0. The molecule has 15 heavy (non-hydrogen) atoms. The Kier molecular flexibility index (Phi) is 3.58. The lowest BCUT2D eigenvalue weighted by molar-refractivity contribution is 0.646. The summed E-state index contributed by atoms with van der Waals surface area (Å²) < 4.78 is 1.11. The van der Waals surface area contributed by atoms with Crippen molar-refractivity contribution in [3.63, 3.8) is 0 Å². The number of hydrogen-bond acceptors (Lipinski definition) is 4. The lowest BCUT2D eigenvalue weighted by atomic mass is 10.1. The Morgan fingerprint density at radius 3 is 2.67 bits per heavy atom. The molecule has 3 N–H and O–H groups in total. The van der Waals surface area contributed by atoms with Crippen LogP contribution in [0.25, 0.3) is 0 Å². The third kappa shape index (κ3) is 2.32. The Morgan fingerprint density at radius 1 is 1.40 bits per heavy atom. The van der Waals surface area contributed by atoms with Gasteiger partial charge in [-0.3, -0.25) is 5.84 Å². The molecule has 0 fully saturated rings. The van der Waals surface area contributed by atoms with Gasteiger partial charge in [-0.1, -0.05) is 0 Å². The summed E-state index contributed by atoms with van der Waals surface area (Å²) in [5.74, 6) is 5.61. The van der Waals surface area contributed by atoms with Gasteiger partial charge in [-0.15, -0.1) is 11.3 Å². The van der Waals surface area contributed by atoms with Gasteiger partial charge in [0.2, 0.25) is 0 Å². The molecule has 2 heterocycles. The lowest BCUT2D eigenvalue weighted by Crippen LogP contribution is -2.28. The van der Waals surface area contributed by atoms with E-state index in [0.717, 1.165) is 4.47 Å². The number of hydrogen-bond donors (Lipinski definition) is 2. The third-order valence-electron chi connectivity index (χ3n) is 2.17. The first-order chi connectivity index (χ1) is 7.22. The van der Waals surface area contributed by atoms with E-state index in [9.17, 15) is 0 Å². The predicted molar refractivity (Wildman–Crippen MR) is 70.2 cm³/mol. The second kappa shape index (κ2) is 4.76. The minimum Gasteiger partial charge on any atom is -0.271 e. The molecule has 0 aliphatic carbocycles. The van der Waals surface area contributed by atoms with E-state index in [1.807, 2.05) is 0 Å². The molecule has 0 bridgehead atoms. The van der Waals surface area contributed by atoms with Gasteiger partial charge in [0, 0.05) is 25.2 Å². The van der Waals surface area contributed by atoms with E-state index >= 15 is 0 Å². The van der Waals surface area contributed by atoms with E-state index in [1.165, 1.54) is 15.3 Å². The van der Waals surface area contributed by atoms with Crippen molar-refractivity contribution < 1.29 is 0 Å². The number of hydrazine groups is 1. The Balaban J connectivity index is 2.36. The van der Waals surface area contributed by atoms with Crippen LogP contribution in [0.2, 0.25) is 0 Å². The standard InChI is InChI=1S/C10H11BrN2S2/c1-6-2-3-9(15-6)10(13-12)7-4-14-5-8(7)11/h2-5,10,13H,12H2,1H3. The molecule has 2 aromatic heterocycles. The lowest BCUT2D eigenvalue weighted by Gasteiger charge is -2.13. The van der Waals surface area contributed by atoms with Gasteiger partial charge in [0.15, 0.2) is 0 Å². The highest BCUT2D eigenvalue weighted by Gasteiger charge is 2.17. The van der Waals surface area contributed by atoms with Crippen LogP contribution in [-0.2, 0) is 0 Å². The average molecular weight is 303 g/mol. The van der Waals surface area contributed by atoms with Crippen LogP contribution in [0, 0.1) is 6.92 Å². The highest BCUT2D eigenvalue weighted by atomic mass is 79.9. The van der Waals surface area contributed by atoms with E-state index in [1.54, 1.807) is 22.7 Å². The number of nitrogens with two attached hydrogens (primary N) is 1. The van der Waals surface area contributed by atoms with E-state index in [2.05, 4.69) is 51.2 Å². The van der Waals surface area contributed by atoms with Gasteiger partial charge in [0.05, 0.1) is 6.04 Å². The van der Waals surface area contributed by atoms with Crippen molar-refractivity contribution in [2.24, 2.45) is 5.84 Å². The molecule has 0 radical (unpaired) electrons. The minimum atomic E-state index is 0.0873. The first-order valence-corrected chi connectivity index (χ1v) is 7.01. The van der Waals surface area contributed by atoms with Crippen molar-refractivity contribution in [2.75, 3.05) is 0 Å². The molecule has 2 rings (SSSR count). The van der Waals surface area contributed by atoms with Crippen molar-refractivity contribution in [2.45, 2.75) is 13.0 Å². The highest BCUT2D eigenvalue weighted by Crippen LogP contribution is 2.33. The second-order valence-corrected chi connectivity index (χ2v) is 6.14. The number of rotatable bonds is 3.